The van der Waals surface area contributed by atoms with E-state index >= 15 is 0 Å². The van der Waals surface area contributed by atoms with E-state index in [4.69, 9.17) is 9.47 Å². The summed E-state index contributed by atoms with van der Waals surface area (Å²) in [5.74, 6) is 2.75. The van der Waals surface area contributed by atoms with E-state index < -0.39 is 0 Å². The van der Waals surface area contributed by atoms with E-state index in [0.717, 1.165) is 48.2 Å². The van der Waals surface area contributed by atoms with Crippen LogP contribution in [0.1, 0.15) is 31.7 Å². The number of nitrogens with zero attached hydrogens (tertiary/aromatic N) is 5. The largest absolute Gasteiger partial charge is 0.457 e. The van der Waals surface area contributed by atoms with Gasteiger partial charge in [0.15, 0.2) is 6.19 Å². The molecule has 0 saturated heterocycles. The summed E-state index contributed by atoms with van der Waals surface area (Å²) >= 11 is 0. The molecule has 166 valence electrons. The van der Waals surface area contributed by atoms with Crippen molar-refractivity contribution >= 4 is 11.0 Å². The van der Waals surface area contributed by atoms with Gasteiger partial charge >= 0.3 is 0 Å². The Kier molecular flexibility index (Phi) is 5.81. The fraction of sp³-hybridized carbons (Fsp3) is 0.269. The van der Waals surface area contributed by atoms with Crippen LogP contribution in [0, 0.1) is 11.5 Å². The summed E-state index contributed by atoms with van der Waals surface area (Å²) in [6, 6.07) is 19.9. The van der Waals surface area contributed by atoms with Gasteiger partial charge in [0, 0.05) is 25.3 Å². The van der Waals surface area contributed by atoms with Crippen molar-refractivity contribution in [3.05, 3.63) is 73.2 Å². The van der Waals surface area contributed by atoms with Crippen LogP contribution in [-0.2, 0) is 0 Å². The molecule has 2 aromatic carbocycles. The Bertz CT molecular complexity index is 1260. The van der Waals surface area contributed by atoms with Crippen molar-refractivity contribution < 1.29 is 9.47 Å². The molecule has 1 aliphatic rings. The van der Waals surface area contributed by atoms with Crippen LogP contribution in [0.5, 0.6) is 23.1 Å². The molecule has 0 N–H and O–H groups in total. The third kappa shape index (κ3) is 4.46. The number of nitriles is 1. The third-order valence-corrected chi connectivity index (χ3v) is 6.25. The second-order valence-corrected chi connectivity index (χ2v) is 8.30. The van der Waals surface area contributed by atoms with E-state index in [-0.39, 0.29) is 0 Å². The minimum absolute atomic E-state index is 0.316. The number of para-hydroxylation sites is 1. The Morgan fingerprint density at radius 2 is 1.55 bits per heavy atom. The summed E-state index contributed by atoms with van der Waals surface area (Å²) in [6.45, 7) is 0. The monoisotopic (exact) mass is 439 g/mol. The standard InChI is InChI=1S/C26H25N5O2/c1-30(17-27)19-7-9-20(10-8-19)31-16-15-24-25(31)26(29-18-28-24)33-23-13-11-22(12-14-23)32-21-5-3-2-4-6-21/h2-6,11-16,18-20H,7-10H2,1H3/t19-,20-. The fourth-order valence-electron chi connectivity index (χ4n) is 4.46. The first-order valence-electron chi connectivity index (χ1n) is 11.2. The van der Waals surface area contributed by atoms with Crippen LogP contribution in [0.3, 0.4) is 0 Å². The quantitative estimate of drug-likeness (QED) is 0.274. The lowest BCUT2D eigenvalue weighted by Gasteiger charge is -2.32. The molecule has 0 radical (unpaired) electrons. The molecule has 7 heteroatoms. The third-order valence-electron chi connectivity index (χ3n) is 6.25. The van der Waals surface area contributed by atoms with E-state index in [9.17, 15) is 5.26 Å². The molecule has 0 amide bonds. The van der Waals surface area contributed by atoms with Crippen molar-refractivity contribution in [1.82, 2.24) is 19.4 Å². The van der Waals surface area contributed by atoms with Gasteiger partial charge in [0.1, 0.15) is 29.1 Å². The zero-order valence-electron chi connectivity index (χ0n) is 18.5. The second-order valence-electron chi connectivity index (χ2n) is 8.30. The van der Waals surface area contributed by atoms with Crippen molar-refractivity contribution in [3.63, 3.8) is 0 Å². The van der Waals surface area contributed by atoms with Gasteiger partial charge in [-0.25, -0.2) is 4.98 Å². The molecular formula is C26H25N5O2. The van der Waals surface area contributed by atoms with Gasteiger partial charge in [0.25, 0.3) is 0 Å². The molecule has 5 rings (SSSR count). The maximum Gasteiger partial charge on any atom is 0.247 e. The lowest BCUT2D eigenvalue weighted by atomic mass is 9.90. The van der Waals surface area contributed by atoms with Crippen molar-refractivity contribution in [2.45, 2.75) is 37.8 Å². The Hall–Kier alpha value is -4.05. The summed E-state index contributed by atoms with van der Waals surface area (Å²) in [5, 5.41) is 9.18. The summed E-state index contributed by atoms with van der Waals surface area (Å²) in [6.07, 6.45) is 9.83. The van der Waals surface area contributed by atoms with Crippen LogP contribution in [0.2, 0.25) is 0 Å². The molecule has 4 aromatic rings. The lowest BCUT2D eigenvalue weighted by Crippen LogP contribution is -2.32. The van der Waals surface area contributed by atoms with E-state index in [2.05, 4.69) is 26.9 Å². The summed E-state index contributed by atoms with van der Waals surface area (Å²) < 4.78 is 14.3. The maximum absolute atomic E-state index is 9.18. The average Bonchev–Trinajstić information content (AvgIpc) is 3.31. The number of hydrogen-bond acceptors (Lipinski definition) is 6. The van der Waals surface area contributed by atoms with Gasteiger partial charge in [-0.3, -0.25) is 0 Å². The van der Waals surface area contributed by atoms with Crippen LogP contribution >= 0.6 is 0 Å². The smallest absolute Gasteiger partial charge is 0.247 e. The molecule has 0 aliphatic heterocycles. The topological polar surface area (TPSA) is 76.2 Å². The molecule has 1 fully saturated rings. The molecule has 0 spiro atoms. The molecule has 2 aromatic heterocycles. The number of fused-ring (bicyclic) bond motifs is 1. The minimum Gasteiger partial charge on any atom is -0.457 e. The highest BCUT2D eigenvalue weighted by Gasteiger charge is 2.26. The zero-order chi connectivity index (χ0) is 22.6. The van der Waals surface area contributed by atoms with Gasteiger partial charge < -0.3 is 18.9 Å². The predicted molar refractivity (Wildman–Crippen MR) is 125 cm³/mol. The van der Waals surface area contributed by atoms with Gasteiger partial charge in [0.05, 0.1) is 5.52 Å². The highest BCUT2D eigenvalue weighted by molar-refractivity contribution is 5.81. The normalized spacial score (nSPS) is 17.9. The van der Waals surface area contributed by atoms with E-state index in [1.54, 1.807) is 4.90 Å². The first-order valence-corrected chi connectivity index (χ1v) is 11.2. The van der Waals surface area contributed by atoms with Crippen molar-refractivity contribution in [3.8, 4) is 29.3 Å². The molecule has 1 saturated carbocycles. The maximum atomic E-state index is 9.18. The fourth-order valence-corrected chi connectivity index (χ4v) is 4.46. The zero-order valence-corrected chi connectivity index (χ0v) is 18.5. The summed E-state index contributed by atoms with van der Waals surface area (Å²) in [5.41, 5.74) is 1.76. The molecule has 7 nitrogen and oxygen atoms in total. The molecule has 2 heterocycles. The molecule has 0 bridgehead atoms. The van der Waals surface area contributed by atoms with Gasteiger partial charge in [-0.2, -0.15) is 10.2 Å². The SMILES string of the molecule is CN(C#N)[C@H]1CC[C@H](n2ccc3ncnc(Oc4ccc(Oc5ccccc5)cc4)c32)CC1. The molecule has 0 unspecified atom stereocenters. The highest BCUT2D eigenvalue weighted by Crippen LogP contribution is 2.36. The van der Waals surface area contributed by atoms with Crippen LogP contribution in [-0.4, -0.2) is 32.5 Å². The van der Waals surface area contributed by atoms with Crippen molar-refractivity contribution in [1.29, 1.82) is 5.26 Å². The number of rotatable bonds is 6. The van der Waals surface area contributed by atoms with Gasteiger partial charge in [0.2, 0.25) is 5.88 Å². The highest BCUT2D eigenvalue weighted by atomic mass is 16.5. The van der Waals surface area contributed by atoms with Crippen LogP contribution in [0.15, 0.2) is 73.2 Å². The number of benzene rings is 2. The number of aromatic nitrogens is 3. The number of ether oxygens (including phenoxy) is 2. The Morgan fingerprint density at radius 1 is 0.879 bits per heavy atom. The van der Waals surface area contributed by atoms with Gasteiger partial charge in [-0.1, -0.05) is 18.2 Å². The molecule has 33 heavy (non-hydrogen) atoms. The van der Waals surface area contributed by atoms with Crippen LogP contribution in [0.4, 0.5) is 0 Å². The average molecular weight is 440 g/mol. The molecule has 1 aliphatic carbocycles. The van der Waals surface area contributed by atoms with Gasteiger partial charge in [-0.15, -0.1) is 0 Å². The first kappa shape index (κ1) is 20.8. The molecular weight excluding hydrogens is 414 g/mol. The second kappa shape index (κ2) is 9.21. The lowest BCUT2D eigenvalue weighted by molar-refractivity contribution is 0.222. The minimum atomic E-state index is 0.316. The van der Waals surface area contributed by atoms with Crippen LogP contribution < -0.4 is 9.47 Å². The Balaban J connectivity index is 1.34. The summed E-state index contributed by atoms with van der Waals surface area (Å²) in [4.78, 5) is 10.6. The molecule has 0 atom stereocenters. The van der Waals surface area contributed by atoms with E-state index in [0.29, 0.717) is 23.7 Å². The number of hydrogen-bond donors (Lipinski definition) is 0. The summed E-state index contributed by atoms with van der Waals surface area (Å²) in [7, 11) is 1.87. The van der Waals surface area contributed by atoms with E-state index in [1.165, 1.54) is 6.33 Å². The Morgan fingerprint density at radius 3 is 2.24 bits per heavy atom. The predicted octanol–water partition coefficient (Wildman–Crippen LogP) is 5.91. The van der Waals surface area contributed by atoms with Crippen molar-refractivity contribution in [2.24, 2.45) is 0 Å². The van der Waals surface area contributed by atoms with Gasteiger partial charge in [-0.05, 0) is 68.1 Å². The Labute approximate surface area is 192 Å². The first-order chi connectivity index (χ1) is 16.2. The van der Waals surface area contributed by atoms with E-state index in [1.807, 2.05) is 67.7 Å². The van der Waals surface area contributed by atoms with Crippen LogP contribution in [0.25, 0.3) is 11.0 Å². The van der Waals surface area contributed by atoms with Crippen molar-refractivity contribution in [2.75, 3.05) is 7.05 Å².